The highest BCUT2D eigenvalue weighted by molar-refractivity contribution is 9.10. The van der Waals surface area contributed by atoms with Crippen LogP contribution in [-0.2, 0) is 9.84 Å². The SMILES string of the molecule is CCCNC(c1ccc(Br)o1)C(C)S(C)(=O)=O. The zero-order valence-electron chi connectivity index (χ0n) is 10.2. The first-order valence-electron chi connectivity index (χ1n) is 5.53. The summed E-state index contributed by atoms with van der Waals surface area (Å²) in [5.74, 6) is 0.642. The second kappa shape index (κ2) is 6.02. The highest BCUT2D eigenvalue weighted by Gasteiger charge is 2.29. The van der Waals surface area contributed by atoms with Gasteiger partial charge >= 0.3 is 0 Å². The summed E-state index contributed by atoms with van der Waals surface area (Å²) < 4.78 is 29.3. The predicted octanol–water partition coefficient (Wildman–Crippen LogP) is 2.52. The molecule has 1 N–H and O–H groups in total. The van der Waals surface area contributed by atoms with E-state index in [0.29, 0.717) is 10.4 Å². The van der Waals surface area contributed by atoms with E-state index in [0.717, 1.165) is 13.0 Å². The number of halogens is 1. The van der Waals surface area contributed by atoms with Gasteiger partial charge in [-0.05, 0) is 48.0 Å². The van der Waals surface area contributed by atoms with Crippen molar-refractivity contribution in [3.8, 4) is 0 Å². The maximum atomic E-state index is 11.6. The minimum Gasteiger partial charge on any atom is -0.453 e. The normalized spacial score (nSPS) is 15.8. The standard InChI is InChI=1S/C11H18BrNO3S/c1-4-7-13-11(8(2)17(3,14)15)9-5-6-10(12)16-9/h5-6,8,11,13H,4,7H2,1-3H3. The maximum absolute atomic E-state index is 11.6. The highest BCUT2D eigenvalue weighted by atomic mass is 79.9. The van der Waals surface area contributed by atoms with E-state index in [1.807, 2.05) is 6.92 Å². The van der Waals surface area contributed by atoms with Crippen molar-refractivity contribution in [3.05, 3.63) is 22.6 Å². The predicted molar refractivity (Wildman–Crippen MR) is 71.7 cm³/mol. The van der Waals surface area contributed by atoms with E-state index in [-0.39, 0.29) is 6.04 Å². The molecule has 98 valence electrons. The Balaban J connectivity index is 2.95. The summed E-state index contributed by atoms with van der Waals surface area (Å²) in [6, 6.07) is 3.25. The van der Waals surface area contributed by atoms with Crippen molar-refractivity contribution in [2.45, 2.75) is 31.6 Å². The van der Waals surface area contributed by atoms with E-state index in [4.69, 9.17) is 4.42 Å². The van der Waals surface area contributed by atoms with Crippen molar-refractivity contribution in [3.63, 3.8) is 0 Å². The zero-order chi connectivity index (χ0) is 13.1. The average molecular weight is 324 g/mol. The zero-order valence-corrected chi connectivity index (χ0v) is 12.6. The molecular formula is C11H18BrNO3S. The summed E-state index contributed by atoms with van der Waals surface area (Å²) in [6.45, 7) is 4.48. The van der Waals surface area contributed by atoms with Crippen LogP contribution in [0.25, 0.3) is 0 Å². The van der Waals surface area contributed by atoms with E-state index in [2.05, 4.69) is 21.2 Å². The molecule has 0 fully saturated rings. The molecule has 0 saturated heterocycles. The lowest BCUT2D eigenvalue weighted by Gasteiger charge is -2.21. The van der Waals surface area contributed by atoms with E-state index in [9.17, 15) is 8.42 Å². The minimum atomic E-state index is -3.11. The van der Waals surface area contributed by atoms with E-state index >= 15 is 0 Å². The minimum absolute atomic E-state index is 0.309. The van der Waals surface area contributed by atoms with Gasteiger partial charge in [-0.3, -0.25) is 0 Å². The van der Waals surface area contributed by atoms with Gasteiger partial charge in [0.15, 0.2) is 14.5 Å². The van der Waals surface area contributed by atoms with Gasteiger partial charge in [0.05, 0.1) is 11.3 Å². The Hall–Kier alpha value is -0.330. The lowest BCUT2D eigenvalue weighted by atomic mass is 10.1. The monoisotopic (exact) mass is 323 g/mol. The smallest absolute Gasteiger partial charge is 0.169 e. The van der Waals surface area contributed by atoms with Gasteiger partial charge in [0.25, 0.3) is 0 Å². The van der Waals surface area contributed by atoms with Crippen LogP contribution in [-0.4, -0.2) is 26.5 Å². The van der Waals surface area contributed by atoms with Crippen molar-refractivity contribution in [2.75, 3.05) is 12.8 Å². The first-order valence-corrected chi connectivity index (χ1v) is 8.28. The van der Waals surface area contributed by atoms with Crippen molar-refractivity contribution in [2.24, 2.45) is 0 Å². The van der Waals surface area contributed by atoms with Crippen LogP contribution >= 0.6 is 15.9 Å². The van der Waals surface area contributed by atoms with Crippen molar-refractivity contribution >= 4 is 25.8 Å². The molecule has 1 aromatic heterocycles. The number of hydrogen-bond donors (Lipinski definition) is 1. The summed E-state index contributed by atoms with van der Waals surface area (Å²) in [7, 11) is -3.11. The summed E-state index contributed by atoms with van der Waals surface area (Å²) in [5.41, 5.74) is 0. The maximum Gasteiger partial charge on any atom is 0.169 e. The Kier molecular flexibility index (Phi) is 5.22. The Bertz CT molecular complexity index is 455. The van der Waals surface area contributed by atoms with Crippen molar-refractivity contribution in [1.29, 1.82) is 0 Å². The van der Waals surface area contributed by atoms with Gasteiger partial charge in [-0.25, -0.2) is 8.42 Å². The van der Waals surface area contributed by atoms with Crippen LogP contribution in [0.15, 0.2) is 21.2 Å². The summed E-state index contributed by atoms with van der Waals surface area (Å²) in [4.78, 5) is 0. The highest BCUT2D eigenvalue weighted by Crippen LogP contribution is 2.25. The average Bonchev–Trinajstić information content (AvgIpc) is 2.64. The first kappa shape index (κ1) is 14.7. The number of nitrogens with one attached hydrogen (secondary N) is 1. The summed E-state index contributed by atoms with van der Waals surface area (Å²) in [6.07, 6.45) is 2.19. The molecule has 17 heavy (non-hydrogen) atoms. The number of furan rings is 1. The van der Waals surface area contributed by atoms with Crippen LogP contribution in [0.2, 0.25) is 0 Å². The summed E-state index contributed by atoms with van der Waals surface area (Å²) in [5, 5.41) is 2.69. The molecule has 6 heteroatoms. The molecule has 0 aliphatic rings. The fraction of sp³-hybridized carbons (Fsp3) is 0.636. The van der Waals surface area contributed by atoms with Crippen LogP contribution in [0.1, 0.15) is 32.1 Å². The van der Waals surface area contributed by atoms with Crippen LogP contribution in [0.4, 0.5) is 0 Å². The van der Waals surface area contributed by atoms with Gasteiger partial charge in [0, 0.05) is 6.26 Å². The lowest BCUT2D eigenvalue weighted by molar-refractivity contribution is 0.393. The molecule has 4 nitrogen and oxygen atoms in total. The second-order valence-electron chi connectivity index (χ2n) is 4.11. The fourth-order valence-electron chi connectivity index (χ4n) is 1.54. The van der Waals surface area contributed by atoms with Gasteiger partial charge in [-0.1, -0.05) is 6.92 Å². The van der Waals surface area contributed by atoms with Gasteiger partial charge < -0.3 is 9.73 Å². The molecule has 1 aromatic rings. The van der Waals surface area contributed by atoms with Gasteiger partial charge in [-0.2, -0.15) is 0 Å². The molecule has 0 spiro atoms. The third-order valence-corrected chi connectivity index (χ3v) is 4.71. The molecule has 2 atom stereocenters. The molecule has 1 heterocycles. The molecule has 0 aromatic carbocycles. The van der Waals surface area contributed by atoms with E-state index in [1.54, 1.807) is 19.1 Å². The molecule has 0 saturated carbocycles. The van der Waals surface area contributed by atoms with E-state index < -0.39 is 15.1 Å². The van der Waals surface area contributed by atoms with Crippen LogP contribution in [0, 0.1) is 0 Å². The first-order chi connectivity index (χ1) is 7.86. The Morgan fingerprint density at radius 3 is 2.53 bits per heavy atom. The molecule has 0 radical (unpaired) electrons. The number of hydrogen-bond acceptors (Lipinski definition) is 4. The summed E-state index contributed by atoms with van der Waals surface area (Å²) >= 11 is 3.22. The third kappa shape index (κ3) is 4.12. The molecule has 0 aliphatic carbocycles. The Morgan fingerprint density at radius 2 is 2.12 bits per heavy atom. The number of sulfone groups is 1. The molecule has 0 amide bonds. The Labute approximate surface area is 111 Å². The van der Waals surface area contributed by atoms with Gasteiger partial charge in [0.2, 0.25) is 0 Å². The lowest BCUT2D eigenvalue weighted by Crippen LogP contribution is -2.35. The van der Waals surface area contributed by atoms with Gasteiger partial charge in [0.1, 0.15) is 5.76 Å². The molecular weight excluding hydrogens is 306 g/mol. The molecule has 2 unspecified atom stereocenters. The van der Waals surface area contributed by atoms with Crippen LogP contribution < -0.4 is 5.32 Å². The topological polar surface area (TPSA) is 59.3 Å². The molecule has 0 aliphatic heterocycles. The van der Waals surface area contributed by atoms with Crippen molar-refractivity contribution < 1.29 is 12.8 Å². The molecule has 0 bridgehead atoms. The largest absolute Gasteiger partial charge is 0.453 e. The Morgan fingerprint density at radius 1 is 1.47 bits per heavy atom. The second-order valence-corrected chi connectivity index (χ2v) is 7.29. The van der Waals surface area contributed by atoms with Crippen LogP contribution in [0.3, 0.4) is 0 Å². The fourth-order valence-corrected chi connectivity index (χ4v) is 2.58. The van der Waals surface area contributed by atoms with Gasteiger partial charge in [-0.15, -0.1) is 0 Å². The quantitative estimate of drug-likeness (QED) is 0.873. The van der Waals surface area contributed by atoms with E-state index in [1.165, 1.54) is 6.26 Å². The molecule has 1 rings (SSSR count). The van der Waals surface area contributed by atoms with Crippen molar-refractivity contribution in [1.82, 2.24) is 5.32 Å². The third-order valence-electron chi connectivity index (χ3n) is 2.66. The number of rotatable bonds is 6. The van der Waals surface area contributed by atoms with Crippen LogP contribution in [0.5, 0.6) is 0 Å².